The molecular weight excluding hydrogens is 350 g/mol. The van der Waals surface area contributed by atoms with E-state index in [9.17, 15) is 4.79 Å². The van der Waals surface area contributed by atoms with Crippen LogP contribution in [0, 0.1) is 5.92 Å². The Morgan fingerprint density at radius 3 is 3.08 bits per heavy atom. The molecule has 130 valence electrons. The fourth-order valence-electron chi connectivity index (χ4n) is 3.41. The van der Waals surface area contributed by atoms with E-state index in [1.54, 1.807) is 11.3 Å². The molecule has 0 aliphatic carbocycles. The summed E-state index contributed by atoms with van der Waals surface area (Å²) in [6.45, 7) is 5.46. The molecule has 0 radical (unpaired) electrons. The largest absolute Gasteiger partial charge is 0.298 e. The molecule has 1 amide bonds. The van der Waals surface area contributed by atoms with Crippen molar-refractivity contribution < 1.29 is 4.79 Å². The molecule has 6 heteroatoms. The lowest BCUT2D eigenvalue weighted by Gasteiger charge is -2.30. The van der Waals surface area contributed by atoms with E-state index in [1.807, 2.05) is 29.6 Å². The standard InChI is InChI=1S/C19H21N3OS2/c1-13-5-4-8-22(9-13)10-14-11-25-19(20-14)21-18(23)16-12-24-17-7-3-2-6-15(16)17/h2-3,6-7,11-13H,4-5,8-10H2,1H3,(H,20,21,23). The number of nitrogens with zero attached hydrogens (tertiary/aromatic N) is 2. The highest BCUT2D eigenvalue weighted by Crippen LogP contribution is 2.27. The Balaban J connectivity index is 1.43. The quantitative estimate of drug-likeness (QED) is 0.713. The van der Waals surface area contributed by atoms with Gasteiger partial charge in [0, 0.05) is 33.9 Å². The molecule has 4 rings (SSSR count). The topological polar surface area (TPSA) is 45.2 Å². The Morgan fingerprint density at radius 1 is 1.32 bits per heavy atom. The molecule has 1 aliphatic heterocycles. The van der Waals surface area contributed by atoms with Crippen LogP contribution in [0.3, 0.4) is 0 Å². The Morgan fingerprint density at radius 2 is 2.20 bits per heavy atom. The van der Waals surface area contributed by atoms with Crippen molar-refractivity contribution in [2.24, 2.45) is 5.92 Å². The van der Waals surface area contributed by atoms with Crippen molar-refractivity contribution >= 4 is 43.8 Å². The van der Waals surface area contributed by atoms with Gasteiger partial charge in [-0.15, -0.1) is 22.7 Å². The van der Waals surface area contributed by atoms with Crippen molar-refractivity contribution in [1.29, 1.82) is 0 Å². The average molecular weight is 372 g/mol. The number of hydrogen-bond acceptors (Lipinski definition) is 5. The summed E-state index contributed by atoms with van der Waals surface area (Å²) in [6.07, 6.45) is 2.59. The van der Waals surface area contributed by atoms with Crippen molar-refractivity contribution in [3.05, 3.63) is 46.3 Å². The monoisotopic (exact) mass is 371 g/mol. The van der Waals surface area contributed by atoms with E-state index >= 15 is 0 Å². The third-order valence-electron chi connectivity index (χ3n) is 4.62. The lowest BCUT2D eigenvalue weighted by Crippen LogP contribution is -2.33. The van der Waals surface area contributed by atoms with Gasteiger partial charge in [0.05, 0.1) is 11.3 Å². The Hall–Kier alpha value is -1.76. The van der Waals surface area contributed by atoms with Crippen LogP contribution in [0.15, 0.2) is 35.0 Å². The number of hydrogen-bond donors (Lipinski definition) is 1. The van der Waals surface area contributed by atoms with Crippen molar-refractivity contribution in [3.8, 4) is 0 Å². The van der Waals surface area contributed by atoms with Gasteiger partial charge >= 0.3 is 0 Å². The van der Waals surface area contributed by atoms with Crippen LogP contribution in [0.25, 0.3) is 10.1 Å². The summed E-state index contributed by atoms with van der Waals surface area (Å²) in [6, 6.07) is 7.99. The van der Waals surface area contributed by atoms with E-state index in [0.717, 1.165) is 46.9 Å². The molecule has 1 aromatic carbocycles. The maximum atomic E-state index is 12.6. The molecule has 25 heavy (non-hydrogen) atoms. The highest BCUT2D eigenvalue weighted by molar-refractivity contribution is 7.17. The summed E-state index contributed by atoms with van der Waals surface area (Å²) in [4.78, 5) is 19.7. The van der Waals surface area contributed by atoms with E-state index in [2.05, 4.69) is 27.5 Å². The van der Waals surface area contributed by atoms with Crippen LogP contribution in [0.2, 0.25) is 0 Å². The molecule has 3 heterocycles. The summed E-state index contributed by atoms with van der Waals surface area (Å²) < 4.78 is 1.13. The van der Waals surface area contributed by atoms with Gasteiger partial charge < -0.3 is 0 Å². The number of likely N-dealkylation sites (tertiary alicyclic amines) is 1. The molecule has 1 aliphatic rings. The fraction of sp³-hybridized carbons (Fsp3) is 0.368. The molecule has 2 aromatic heterocycles. The number of piperidine rings is 1. The Bertz CT molecular complexity index is 886. The average Bonchev–Trinajstić information content (AvgIpc) is 3.21. The molecule has 1 fully saturated rings. The third kappa shape index (κ3) is 3.76. The van der Waals surface area contributed by atoms with Gasteiger partial charge in [0.2, 0.25) is 0 Å². The first-order valence-corrected chi connectivity index (χ1v) is 10.4. The zero-order chi connectivity index (χ0) is 17.2. The predicted molar refractivity (Wildman–Crippen MR) is 106 cm³/mol. The number of carbonyl (C=O) groups is 1. The van der Waals surface area contributed by atoms with E-state index in [1.165, 1.54) is 24.2 Å². The lowest BCUT2D eigenvalue weighted by atomic mass is 10.0. The lowest BCUT2D eigenvalue weighted by molar-refractivity contribution is 0.102. The van der Waals surface area contributed by atoms with Gasteiger partial charge in [-0.05, 0) is 31.4 Å². The van der Waals surface area contributed by atoms with Crippen LogP contribution in [0.4, 0.5) is 5.13 Å². The normalized spacial score (nSPS) is 18.5. The third-order valence-corrected chi connectivity index (χ3v) is 6.39. The number of thiophene rings is 1. The zero-order valence-corrected chi connectivity index (χ0v) is 15.8. The molecule has 1 N–H and O–H groups in total. The number of thiazole rings is 1. The minimum atomic E-state index is -0.0788. The number of carbonyl (C=O) groups excluding carboxylic acids is 1. The van der Waals surface area contributed by atoms with Crippen molar-refractivity contribution in [2.45, 2.75) is 26.3 Å². The molecule has 0 bridgehead atoms. The van der Waals surface area contributed by atoms with E-state index in [4.69, 9.17) is 0 Å². The van der Waals surface area contributed by atoms with Crippen LogP contribution in [0.1, 0.15) is 35.8 Å². The second-order valence-electron chi connectivity index (χ2n) is 6.73. The van der Waals surface area contributed by atoms with Gasteiger partial charge in [0.25, 0.3) is 5.91 Å². The highest BCUT2D eigenvalue weighted by atomic mass is 32.1. The first-order valence-electron chi connectivity index (χ1n) is 8.63. The second-order valence-corrected chi connectivity index (χ2v) is 8.50. The number of anilines is 1. The number of aromatic nitrogens is 1. The summed E-state index contributed by atoms with van der Waals surface area (Å²) in [5, 5.41) is 8.62. The SMILES string of the molecule is CC1CCCN(Cc2csc(NC(=O)c3csc4ccccc34)n2)C1. The van der Waals surface area contributed by atoms with Crippen LogP contribution in [0.5, 0.6) is 0 Å². The minimum absolute atomic E-state index is 0.0788. The van der Waals surface area contributed by atoms with Gasteiger partial charge in [-0.2, -0.15) is 0 Å². The summed E-state index contributed by atoms with van der Waals surface area (Å²) in [5.74, 6) is 0.684. The molecular formula is C19H21N3OS2. The van der Waals surface area contributed by atoms with Gasteiger partial charge in [-0.25, -0.2) is 4.98 Å². The number of nitrogens with one attached hydrogen (secondary N) is 1. The van der Waals surface area contributed by atoms with Crippen LogP contribution in [-0.4, -0.2) is 28.9 Å². The van der Waals surface area contributed by atoms with Crippen LogP contribution >= 0.6 is 22.7 Å². The zero-order valence-electron chi connectivity index (χ0n) is 14.2. The van der Waals surface area contributed by atoms with Crippen molar-refractivity contribution in [2.75, 3.05) is 18.4 Å². The second kappa shape index (κ2) is 7.23. The molecule has 4 nitrogen and oxygen atoms in total. The first kappa shape index (κ1) is 16.7. The van der Waals surface area contributed by atoms with Crippen molar-refractivity contribution in [3.63, 3.8) is 0 Å². The number of amides is 1. The molecule has 0 saturated carbocycles. The molecule has 1 unspecified atom stereocenters. The van der Waals surface area contributed by atoms with Crippen LogP contribution in [-0.2, 0) is 6.54 Å². The number of rotatable bonds is 4. The van der Waals surface area contributed by atoms with E-state index in [-0.39, 0.29) is 5.91 Å². The van der Waals surface area contributed by atoms with Gasteiger partial charge in [0.15, 0.2) is 5.13 Å². The van der Waals surface area contributed by atoms with Gasteiger partial charge in [-0.1, -0.05) is 25.1 Å². The number of benzene rings is 1. The van der Waals surface area contributed by atoms with E-state index in [0.29, 0.717) is 5.13 Å². The summed E-state index contributed by atoms with van der Waals surface area (Å²) >= 11 is 3.10. The van der Waals surface area contributed by atoms with Gasteiger partial charge in [-0.3, -0.25) is 15.0 Å². The first-order chi connectivity index (χ1) is 12.2. The molecule has 3 aromatic rings. The summed E-state index contributed by atoms with van der Waals surface area (Å²) in [7, 11) is 0. The fourth-order valence-corrected chi connectivity index (χ4v) is 5.05. The highest BCUT2D eigenvalue weighted by Gasteiger charge is 2.18. The predicted octanol–water partition coefficient (Wildman–Crippen LogP) is 4.84. The molecule has 1 atom stereocenters. The summed E-state index contributed by atoms with van der Waals surface area (Å²) in [5.41, 5.74) is 1.77. The smallest absolute Gasteiger partial charge is 0.258 e. The van der Waals surface area contributed by atoms with Crippen molar-refractivity contribution in [1.82, 2.24) is 9.88 Å². The van der Waals surface area contributed by atoms with Gasteiger partial charge in [0.1, 0.15) is 0 Å². The Labute approximate surface area is 155 Å². The van der Waals surface area contributed by atoms with Crippen LogP contribution < -0.4 is 5.32 Å². The van der Waals surface area contributed by atoms with E-state index < -0.39 is 0 Å². The maximum absolute atomic E-state index is 12.6. The Kier molecular flexibility index (Phi) is 4.83. The minimum Gasteiger partial charge on any atom is -0.298 e. The number of fused-ring (bicyclic) bond motifs is 1. The molecule has 0 spiro atoms. The molecule has 1 saturated heterocycles. The maximum Gasteiger partial charge on any atom is 0.258 e.